The minimum absolute atomic E-state index is 0.115. The number of carbonyl (C=O) groups is 1. The molecule has 1 fully saturated rings. The number of nitrogens with zero attached hydrogens (tertiary/aromatic N) is 3. The molecule has 0 aromatic rings. The lowest BCUT2D eigenvalue weighted by Gasteiger charge is -2.31. The van der Waals surface area contributed by atoms with Crippen molar-refractivity contribution >= 4 is 5.91 Å². The van der Waals surface area contributed by atoms with Gasteiger partial charge < -0.3 is 10.2 Å². The molecule has 0 aromatic carbocycles. The Balaban J connectivity index is 2.40. The van der Waals surface area contributed by atoms with Crippen LogP contribution in [-0.4, -0.2) is 61.5 Å². The summed E-state index contributed by atoms with van der Waals surface area (Å²) in [6.07, 6.45) is 5.22. The minimum atomic E-state index is 0.115. The molecule has 1 rings (SSSR count). The predicted molar refractivity (Wildman–Crippen MR) is 80.2 cm³/mol. The van der Waals surface area contributed by atoms with Crippen molar-refractivity contribution in [3.63, 3.8) is 0 Å². The van der Waals surface area contributed by atoms with Crippen LogP contribution in [0.1, 0.15) is 39.0 Å². The second-order valence-corrected chi connectivity index (χ2v) is 5.61. The van der Waals surface area contributed by atoms with Crippen LogP contribution in [0.15, 0.2) is 0 Å². The summed E-state index contributed by atoms with van der Waals surface area (Å²) < 4.78 is 0. The second kappa shape index (κ2) is 9.73. The van der Waals surface area contributed by atoms with Gasteiger partial charge in [-0.1, -0.05) is 13.3 Å². The lowest BCUT2D eigenvalue weighted by Crippen LogP contribution is -2.47. The van der Waals surface area contributed by atoms with Gasteiger partial charge in [0.05, 0.1) is 19.0 Å². The van der Waals surface area contributed by atoms with Gasteiger partial charge in [0.15, 0.2) is 0 Å². The van der Waals surface area contributed by atoms with Gasteiger partial charge in [-0.05, 0) is 32.4 Å². The van der Waals surface area contributed by atoms with Crippen LogP contribution in [0.2, 0.25) is 0 Å². The molecule has 0 aliphatic carbocycles. The Kier molecular flexibility index (Phi) is 8.24. The van der Waals surface area contributed by atoms with Crippen LogP contribution in [0.3, 0.4) is 0 Å². The zero-order valence-corrected chi connectivity index (χ0v) is 12.9. The summed E-state index contributed by atoms with van der Waals surface area (Å²) in [5.41, 5.74) is 0. The zero-order valence-electron chi connectivity index (χ0n) is 12.9. The fourth-order valence-corrected chi connectivity index (χ4v) is 2.60. The van der Waals surface area contributed by atoms with Crippen molar-refractivity contribution in [1.82, 2.24) is 15.1 Å². The maximum Gasteiger partial charge on any atom is 0.236 e. The van der Waals surface area contributed by atoms with Crippen LogP contribution in [0, 0.1) is 11.3 Å². The number of carbonyl (C=O) groups excluding carboxylic acids is 1. The van der Waals surface area contributed by atoms with E-state index in [2.05, 4.69) is 23.2 Å². The number of likely N-dealkylation sites (N-methyl/N-ethyl adjacent to an activating group) is 1. The number of piperidine rings is 1. The predicted octanol–water partition coefficient (Wildman–Crippen LogP) is 1.21. The van der Waals surface area contributed by atoms with E-state index < -0.39 is 0 Å². The standard InChI is InChI=1S/C15H28N4O/c1-3-10-19(12-14-7-4-5-9-17-14)13-15(20)18(2)11-6-8-16/h14,17H,3-7,9-13H2,1-2H3. The molecule has 1 unspecified atom stereocenters. The Morgan fingerprint density at radius 3 is 2.80 bits per heavy atom. The van der Waals surface area contributed by atoms with E-state index in [4.69, 9.17) is 5.26 Å². The number of amides is 1. The topological polar surface area (TPSA) is 59.4 Å². The van der Waals surface area contributed by atoms with Gasteiger partial charge in [0, 0.05) is 26.2 Å². The highest BCUT2D eigenvalue weighted by atomic mass is 16.2. The largest absolute Gasteiger partial charge is 0.344 e. The van der Waals surface area contributed by atoms with Gasteiger partial charge in [-0.25, -0.2) is 0 Å². The molecule has 20 heavy (non-hydrogen) atoms. The number of hydrogen-bond acceptors (Lipinski definition) is 4. The highest BCUT2D eigenvalue weighted by Gasteiger charge is 2.19. The van der Waals surface area contributed by atoms with E-state index in [-0.39, 0.29) is 5.91 Å². The van der Waals surface area contributed by atoms with E-state index in [0.717, 1.165) is 26.1 Å². The molecule has 5 nitrogen and oxygen atoms in total. The first-order chi connectivity index (χ1) is 9.67. The summed E-state index contributed by atoms with van der Waals surface area (Å²) in [6.45, 7) is 6.14. The summed E-state index contributed by atoms with van der Waals surface area (Å²) in [7, 11) is 1.78. The summed E-state index contributed by atoms with van der Waals surface area (Å²) in [5, 5.41) is 12.1. The van der Waals surface area contributed by atoms with Crippen molar-refractivity contribution in [1.29, 1.82) is 5.26 Å². The SMILES string of the molecule is CCCN(CC(=O)N(C)CCC#N)CC1CCCCN1. The van der Waals surface area contributed by atoms with Gasteiger partial charge in [-0.15, -0.1) is 0 Å². The first kappa shape index (κ1) is 16.9. The van der Waals surface area contributed by atoms with Gasteiger partial charge >= 0.3 is 0 Å². The number of rotatable bonds is 8. The van der Waals surface area contributed by atoms with Crippen LogP contribution in [0.4, 0.5) is 0 Å². The molecule has 114 valence electrons. The zero-order chi connectivity index (χ0) is 14.8. The van der Waals surface area contributed by atoms with Crippen LogP contribution in [0.5, 0.6) is 0 Å². The van der Waals surface area contributed by atoms with Crippen molar-refractivity contribution in [3.05, 3.63) is 0 Å². The average Bonchev–Trinajstić information content (AvgIpc) is 2.46. The van der Waals surface area contributed by atoms with Crippen LogP contribution in [-0.2, 0) is 4.79 Å². The third kappa shape index (κ3) is 6.36. The van der Waals surface area contributed by atoms with Crippen molar-refractivity contribution in [2.24, 2.45) is 0 Å². The Bertz CT molecular complexity index is 320. The number of hydrogen-bond donors (Lipinski definition) is 1. The Morgan fingerprint density at radius 1 is 1.40 bits per heavy atom. The molecule has 1 N–H and O–H groups in total. The van der Waals surface area contributed by atoms with E-state index in [1.54, 1.807) is 11.9 Å². The molecule has 1 atom stereocenters. The van der Waals surface area contributed by atoms with Crippen molar-refractivity contribution in [2.75, 3.05) is 39.8 Å². The third-order valence-electron chi connectivity index (χ3n) is 3.77. The van der Waals surface area contributed by atoms with Crippen molar-refractivity contribution < 1.29 is 4.79 Å². The van der Waals surface area contributed by atoms with E-state index in [9.17, 15) is 4.79 Å². The van der Waals surface area contributed by atoms with Gasteiger partial charge in [-0.3, -0.25) is 9.69 Å². The Labute approximate surface area is 122 Å². The summed E-state index contributed by atoms with van der Waals surface area (Å²) >= 11 is 0. The molecule has 0 bridgehead atoms. The molecule has 5 heteroatoms. The molecule has 0 saturated carbocycles. The number of nitrogens with one attached hydrogen (secondary N) is 1. The normalized spacial score (nSPS) is 18.8. The molecule has 1 heterocycles. The van der Waals surface area contributed by atoms with Gasteiger partial charge in [0.2, 0.25) is 5.91 Å². The van der Waals surface area contributed by atoms with E-state index in [1.165, 1.54) is 19.3 Å². The van der Waals surface area contributed by atoms with Crippen molar-refractivity contribution in [2.45, 2.75) is 45.1 Å². The van der Waals surface area contributed by atoms with Gasteiger partial charge in [0.25, 0.3) is 0 Å². The molecular formula is C15H28N4O. The van der Waals surface area contributed by atoms with Gasteiger partial charge in [-0.2, -0.15) is 5.26 Å². The molecule has 1 saturated heterocycles. The number of nitriles is 1. The van der Waals surface area contributed by atoms with E-state index in [0.29, 0.717) is 25.6 Å². The highest BCUT2D eigenvalue weighted by Crippen LogP contribution is 2.09. The molecule has 0 radical (unpaired) electrons. The maximum atomic E-state index is 12.1. The smallest absolute Gasteiger partial charge is 0.236 e. The highest BCUT2D eigenvalue weighted by molar-refractivity contribution is 5.78. The van der Waals surface area contributed by atoms with Crippen molar-refractivity contribution in [3.8, 4) is 6.07 Å². The van der Waals surface area contributed by atoms with Gasteiger partial charge in [0.1, 0.15) is 0 Å². The molecule has 1 aliphatic rings. The quantitative estimate of drug-likeness (QED) is 0.726. The van der Waals surface area contributed by atoms with E-state index in [1.807, 2.05) is 0 Å². The Morgan fingerprint density at radius 2 is 2.20 bits per heavy atom. The van der Waals surface area contributed by atoms with Crippen LogP contribution < -0.4 is 5.32 Å². The fourth-order valence-electron chi connectivity index (χ4n) is 2.60. The monoisotopic (exact) mass is 280 g/mol. The minimum Gasteiger partial charge on any atom is -0.344 e. The molecule has 0 aromatic heterocycles. The van der Waals surface area contributed by atoms with E-state index >= 15 is 0 Å². The maximum absolute atomic E-state index is 12.1. The summed E-state index contributed by atoms with van der Waals surface area (Å²) in [6, 6.07) is 2.60. The Hall–Kier alpha value is -1.12. The third-order valence-corrected chi connectivity index (χ3v) is 3.77. The molecular weight excluding hydrogens is 252 g/mol. The first-order valence-electron chi connectivity index (χ1n) is 7.74. The second-order valence-electron chi connectivity index (χ2n) is 5.61. The molecule has 1 amide bonds. The lowest BCUT2D eigenvalue weighted by molar-refractivity contribution is -0.131. The summed E-state index contributed by atoms with van der Waals surface area (Å²) in [4.78, 5) is 16.0. The molecule has 1 aliphatic heterocycles. The molecule has 0 spiro atoms. The summed E-state index contributed by atoms with van der Waals surface area (Å²) in [5.74, 6) is 0.115. The lowest BCUT2D eigenvalue weighted by atomic mass is 10.0. The fraction of sp³-hybridized carbons (Fsp3) is 0.867. The van der Waals surface area contributed by atoms with Crippen LogP contribution in [0.25, 0.3) is 0 Å². The van der Waals surface area contributed by atoms with Crippen LogP contribution >= 0.6 is 0 Å². The average molecular weight is 280 g/mol. The first-order valence-corrected chi connectivity index (χ1v) is 7.74.